The fraction of sp³-hybridized carbons (Fsp3) is 0.538. The van der Waals surface area contributed by atoms with Gasteiger partial charge in [0.05, 0.1) is 30.8 Å². The van der Waals surface area contributed by atoms with Crippen LogP contribution in [0.15, 0.2) is 6.33 Å². The molecular formula is C13H16N4O4. The molecule has 0 aromatic carbocycles. The van der Waals surface area contributed by atoms with Crippen LogP contribution in [0.3, 0.4) is 0 Å². The number of amides is 2. The quantitative estimate of drug-likeness (QED) is 0.771. The van der Waals surface area contributed by atoms with E-state index in [2.05, 4.69) is 9.97 Å². The lowest BCUT2D eigenvalue weighted by molar-refractivity contribution is -0.152. The Kier molecular flexibility index (Phi) is 3.36. The van der Waals surface area contributed by atoms with E-state index in [1.807, 2.05) is 0 Å². The molecule has 2 N–H and O–H groups in total. The fourth-order valence-corrected chi connectivity index (χ4v) is 2.84. The molecule has 1 atom stereocenters. The van der Waals surface area contributed by atoms with Gasteiger partial charge in [-0.2, -0.15) is 0 Å². The zero-order valence-electron chi connectivity index (χ0n) is 11.4. The number of imidazole rings is 1. The minimum absolute atomic E-state index is 0.0468. The summed E-state index contributed by atoms with van der Waals surface area (Å²) in [7, 11) is 0. The lowest BCUT2D eigenvalue weighted by atomic mass is 10.0. The van der Waals surface area contributed by atoms with Crippen molar-refractivity contribution in [3.63, 3.8) is 0 Å². The molecule has 8 heteroatoms. The van der Waals surface area contributed by atoms with Crippen LogP contribution < -0.4 is 0 Å². The Morgan fingerprint density at radius 3 is 2.95 bits per heavy atom. The minimum Gasteiger partial charge on any atom is -0.480 e. The zero-order valence-corrected chi connectivity index (χ0v) is 11.4. The number of nitrogens with one attached hydrogen (secondary N) is 1. The maximum Gasteiger partial charge on any atom is 0.326 e. The average Bonchev–Trinajstić information content (AvgIpc) is 3.06. The van der Waals surface area contributed by atoms with E-state index in [1.165, 1.54) is 16.1 Å². The molecule has 0 spiro atoms. The zero-order chi connectivity index (χ0) is 15.0. The van der Waals surface area contributed by atoms with Gasteiger partial charge in [0.2, 0.25) is 11.8 Å². The van der Waals surface area contributed by atoms with Crippen molar-refractivity contribution in [2.45, 2.75) is 31.8 Å². The van der Waals surface area contributed by atoms with Crippen molar-refractivity contribution in [3.05, 3.63) is 17.7 Å². The highest BCUT2D eigenvalue weighted by Gasteiger charge is 2.37. The molecule has 1 aromatic heterocycles. The van der Waals surface area contributed by atoms with Gasteiger partial charge in [-0.3, -0.25) is 9.59 Å². The molecule has 0 saturated carbocycles. The molecule has 0 aliphatic carbocycles. The maximum absolute atomic E-state index is 12.4. The van der Waals surface area contributed by atoms with Gasteiger partial charge in [-0.1, -0.05) is 0 Å². The number of aromatic amines is 1. The number of aromatic nitrogens is 2. The monoisotopic (exact) mass is 292 g/mol. The Morgan fingerprint density at radius 1 is 1.48 bits per heavy atom. The number of likely N-dealkylation sites (tertiary alicyclic amines) is 1. The largest absolute Gasteiger partial charge is 0.480 e. The van der Waals surface area contributed by atoms with Crippen LogP contribution in [0.25, 0.3) is 0 Å². The first-order valence-electron chi connectivity index (χ1n) is 6.87. The third kappa shape index (κ3) is 2.48. The van der Waals surface area contributed by atoms with Crippen LogP contribution in [-0.2, 0) is 27.3 Å². The van der Waals surface area contributed by atoms with Crippen molar-refractivity contribution in [2.75, 3.05) is 13.1 Å². The summed E-state index contributed by atoms with van der Waals surface area (Å²) in [4.78, 5) is 45.2. The Bertz CT molecular complexity index is 597. The van der Waals surface area contributed by atoms with Crippen LogP contribution in [0.2, 0.25) is 0 Å². The van der Waals surface area contributed by atoms with Crippen molar-refractivity contribution >= 4 is 17.8 Å². The van der Waals surface area contributed by atoms with Gasteiger partial charge in [-0.15, -0.1) is 0 Å². The molecule has 2 amide bonds. The van der Waals surface area contributed by atoms with Crippen molar-refractivity contribution in [2.24, 2.45) is 0 Å². The van der Waals surface area contributed by atoms with Crippen LogP contribution in [0.5, 0.6) is 0 Å². The van der Waals surface area contributed by atoms with Crippen LogP contribution in [0.4, 0.5) is 0 Å². The number of carbonyl (C=O) groups excluding carboxylic acids is 2. The summed E-state index contributed by atoms with van der Waals surface area (Å²) in [5, 5.41) is 9.32. The number of hydrogen-bond acceptors (Lipinski definition) is 4. The Balaban J connectivity index is 1.77. The van der Waals surface area contributed by atoms with Crippen LogP contribution in [0, 0.1) is 0 Å². The molecule has 0 bridgehead atoms. The first-order chi connectivity index (χ1) is 10.1. The second-order valence-corrected chi connectivity index (χ2v) is 5.33. The number of carboxylic acids is 1. The number of carbonyl (C=O) groups is 3. The molecule has 1 fully saturated rings. The molecular weight excluding hydrogens is 276 g/mol. The third-order valence-electron chi connectivity index (χ3n) is 4.00. The summed E-state index contributed by atoms with van der Waals surface area (Å²) in [6.07, 6.45) is 2.90. The van der Waals surface area contributed by atoms with Crippen molar-refractivity contribution in [1.29, 1.82) is 0 Å². The van der Waals surface area contributed by atoms with E-state index in [0.29, 0.717) is 18.7 Å². The van der Waals surface area contributed by atoms with Gasteiger partial charge >= 0.3 is 5.97 Å². The predicted octanol–water partition coefficient (Wildman–Crippen LogP) is -0.630. The summed E-state index contributed by atoms with van der Waals surface area (Å²) >= 11 is 0. The van der Waals surface area contributed by atoms with Gasteiger partial charge < -0.3 is 19.9 Å². The van der Waals surface area contributed by atoms with E-state index in [-0.39, 0.29) is 31.3 Å². The molecule has 2 aliphatic rings. The van der Waals surface area contributed by atoms with Crippen molar-refractivity contribution < 1.29 is 19.5 Å². The summed E-state index contributed by atoms with van der Waals surface area (Å²) < 4.78 is 0. The van der Waals surface area contributed by atoms with Crippen LogP contribution in [0.1, 0.15) is 24.2 Å². The minimum atomic E-state index is -1.05. The van der Waals surface area contributed by atoms with Crippen molar-refractivity contribution in [3.8, 4) is 0 Å². The summed E-state index contributed by atoms with van der Waals surface area (Å²) in [6.45, 7) is 0.699. The first kappa shape index (κ1) is 13.6. The number of H-pyrrole nitrogens is 1. The highest BCUT2D eigenvalue weighted by atomic mass is 16.4. The molecule has 3 heterocycles. The molecule has 0 radical (unpaired) electrons. The lowest BCUT2D eigenvalue weighted by Gasteiger charge is -2.33. The Morgan fingerprint density at radius 2 is 2.29 bits per heavy atom. The normalized spacial score (nSPS) is 21.5. The maximum atomic E-state index is 12.4. The molecule has 8 nitrogen and oxygen atoms in total. The molecule has 112 valence electrons. The summed E-state index contributed by atoms with van der Waals surface area (Å²) in [6, 6.07) is -0.925. The number of fused-ring (bicyclic) bond motifs is 1. The molecule has 21 heavy (non-hydrogen) atoms. The van der Waals surface area contributed by atoms with E-state index < -0.39 is 12.0 Å². The van der Waals surface area contributed by atoms with E-state index in [4.69, 9.17) is 0 Å². The topological polar surface area (TPSA) is 107 Å². The fourth-order valence-electron chi connectivity index (χ4n) is 2.84. The first-order valence-corrected chi connectivity index (χ1v) is 6.87. The average molecular weight is 292 g/mol. The van der Waals surface area contributed by atoms with Crippen LogP contribution in [-0.4, -0.2) is 61.8 Å². The van der Waals surface area contributed by atoms with E-state index in [0.717, 1.165) is 12.1 Å². The standard InChI is InChI=1S/C13H16N4O4/c18-11-2-1-3-16(11)6-12(19)17-5-9-8(14-7-15-9)4-10(17)13(20)21/h7,10H,1-6H2,(H,14,15)(H,20,21). The third-order valence-corrected chi connectivity index (χ3v) is 4.00. The molecule has 1 unspecified atom stereocenters. The molecule has 2 aliphatic heterocycles. The van der Waals surface area contributed by atoms with Gasteiger partial charge in [-0.05, 0) is 6.42 Å². The highest BCUT2D eigenvalue weighted by molar-refractivity contribution is 5.89. The Labute approximate surface area is 120 Å². The second-order valence-electron chi connectivity index (χ2n) is 5.33. The van der Waals surface area contributed by atoms with E-state index in [1.54, 1.807) is 0 Å². The lowest BCUT2D eigenvalue weighted by Crippen LogP contribution is -2.51. The summed E-state index contributed by atoms with van der Waals surface area (Å²) in [5.74, 6) is -1.43. The SMILES string of the molecule is O=C(O)C1Cc2nc[nH]c2CN1C(=O)CN1CCCC1=O. The predicted molar refractivity (Wildman–Crippen MR) is 70.1 cm³/mol. The number of aliphatic carboxylic acids is 1. The number of nitrogens with zero attached hydrogens (tertiary/aromatic N) is 3. The molecule has 1 saturated heterocycles. The summed E-state index contributed by atoms with van der Waals surface area (Å²) in [5.41, 5.74) is 1.44. The number of rotatable bonds is 3. The van der Waals surface area contributed by atoms with Gasteiger partial charge in [0, 0.05) is 19.4 Å². The number of carboxylic acid groups (broad SMARTS) is 1. The van der Waals surface area contributed by atoms with E-state index >= 15 is 0 Å². The van der Waals surface area contributed by atoms with Gasteiger partial charge in [0.15, 0.2) is 0 Å². The smallest absolute Gasteiger partial charge is 0.326 e. The number of hydrogen-bond donors (Lipinski definition) is 2. The van der Waals surface area contributed by atoms with Gasteiger partial charge in [0.25, 0.3) is 0 Å². The highest BCUT2D eigenvalue weighted by Crippen LogP contribution is 2.21. The molecule has 3 rings (SSSR count). The van der Waals surface area contributed by atoms with Crippen LogP contribution >= 0.6 is 0 Å². The second kappa shape index (κ2) is 5.19. The van der Waals surface area contributed by atoms with Gasteiger partial charge in [0.1, 0.15) is 6.04 Å². The van der Waals surface area contributed by atoms with E-state index in [9.17, 15) is 19.5 Å². The van der Waals surface area contributed by atoms with Crippen molar-refractivity contribution in [1.82, 2.24) is 19.8 Å². The Hall–Kier alpha value is -2.38. The van der Waals surface area contributed by atoms with Gasteiger partial charge in [-0.25, -0.2) is 9.78 Å². The molecule has 1 aromatic rings.